The molecule has 0 aromatic rings. The second kappa shape index (κ2) is 3.93. The molecule has 3 heteroatoms. The summed E-state index contributed by atoms with van der Waals surface area (Å²) in [7, 11) is 0. The van der Waals surface area contributed by atoms with Crippen molar-refractivity contribution in [3.8, 4) is 0 Å². The van der Waals surface area contributed by atoms with Crippen molar-refractivity contribution in [3.05, 3.63) is 0 Å². The van der Waals surface area contributed by atoms with Crippen molar-refractivity contribution < 1.29 is 0 Å². The highest BCUT2D eigenvalue weighted by atomic mass is 79.9. The van der Waals surface area contributed by atoms with Crippen molar-refractivity contribution in [1.82, 2.24) is 0 Å². The maximum atomic E-state index is 3.57. The monoisotopic (exact) mass is 252 g/mol. The van der Waals surface area contributed by atoms with Gasteiger partial charge in [-0.3, -0.25) is 0 Å². The molecule has 1 saturated heterocycles. The van der Waals surface area contributed by atoms with E-state index in [2.05, 4.69) is 39.5 Å². The highest BCUT2D eigenvalue weighted by molar-refractivity contribution is 9.09. The van der Waals surface area contributed by atoms with Crippen LogP contribution in [0.5, 0.6) is 0 Å². The van der Waals surface area contributed by atoms with Gasteiger partial charge >= 0.3 is 0 Å². The molecule has 0 N–H and O–H groups in total. The molecule has 64 valence electrons. The molecule has 1 aliphatic heterocycles. The van der Waals surface area contributed by atoms with Crippen molar-refractivity contribution in [2.24, 2.45) is 0 Å². The fraction of sp³-hybridized carbons (Fsp3) is 1.00. The Labute approximate surface area is 85.4 Å². The fourth-order valence-electron chi connectivity index (χ4n) is 1.87. The maximum absolute atomic E-state index is 3.57. The Kier molecular flexibility index (Phi) is 3.13. The maximum Gasteiger partial charge on any atom is 0.0605 e. The highest BCUT2D eigenvalue weighted by Gasteiger charge is 2.36. The van der Waals surface area contributed by atoms with Gasteiger partial charge in [0.15, 0.2) is 0 Å². The van der Waals surface area contributed by atoms with Crippen LogP contribution in [0.4, 0.5) is 0 Å². The third-order valence-corrected chi connectivity index (χ3v) is 7.53. The summed E-state index contributed by atoms with van der Waals surface area (Å²) in [6.07, 6.45) is 5.91. The zero-order chi connectivity index (χ0) is 7.68. The Morgan fingerprint density at radius 1 is 1.09 bits per heavy atom. The Morgan fingerprint density at radius 3 is 2.09 bits per heavy atom. The molecule has 1 heterocycles. The normalized spacial score (nSPS) is 43.9. The average Bonchev–Trinajstić information content (AvgIpc) is 2.46. The van der Waals surface area contributed by atoms with Crippen LogP contribution in [-0.4, -0.2) is 20.4 Å². The fourth-order valence-corrected chi connectivity index (χ4v) is 6.44. The Bertz CT molecular complexity index is 126. The number of hydrogen-bond acceptors (Lipinski definition) is 2. The number of fused-ring (bicyclic) bond motifs is 1. The van der Waals surface area contributed by atoms with E-state index in [1.54, 1.807) is 0 Å². The molecule has 0 spiro atoms. The van der Waals surface area contributed by atoms with E-state index in [9.17, 15) is 0 Å². The quantitative estimate of drug-likeness (QED) is 0.656. The van der Waals surface area contributed by atoms with Crippen LogP contribution in [0.1, 0.15) is 25.7 Å². The van der Waals surface area contributed by atoms with Gasteiger partial charge in [-0.25, -0.2) is 0 Å². The molecular formula is C8H13BrS2. The van der Waals surface area contributed by atoms with Crippen molar-refractivity contribution in [3.63, 3.8) is 0 Å². The molecule has 0 radical (unpaired) electrons. The van der Waals surface area contributed by atoms with Crippen LogP contribution in [0.3, 0.4) is 0 Å². The summed E-state index contributed by atoms with van der Waals surface area (Å²) in [6.45, 7) is 0. The first kappa shape index (κ1) is 8.76. The van der Waals surface area contributed by atoms with Crippen LogP contribution in [0.15, 0.2) is 0 Å². The number of rotatable bonds is 1. The first-order valence-electron chi connectivity index (χ1n) is 4.27. The molecule has 2 aliphatic rings. The van der Waals surface area contributed by atoms with Crippen LogP contribution in [0.2, 0.25) is 0 Å². The number of halogens is 1. The minimum Gasteiger partial charge on any atom is -0.142 e. The van der Waals surface area contributed by atoms with Crippen LogP contribution in [0, 0.1) is 0 Å². The first-order chi connectivity index (χ1) is 5.40. The minimum absolute atomic E-state index is 0.850. The van der Waals surface area contributed by atoms with E-state index in [4.69, 9.17) is 0 Å². The van der Waals surface area contributed by atoms with Crippen LogP contribution in [-0.2, 0) is 0 Å². The van der Waals surface area contributed by atoms with E-state index in [1.807, 2.05) is 0 Å². The molecule has 1 aliphatic carbocycles. The van der Waals surface area contributed by atoms with Gasteiger partial charge in [-0.2, -0.15) is 0 Å². The summed E-state index contributed by atoms with van der Waals surface area (Å²) in [5, 5.41) is 3.17. The third-order valence-electron chi connectivity index (χ3n) is 2.42. The summed E-state index contributed by atoms with van der Waals surface area (Å²) in [5.41, 5.74) is 0. The van der Waals surface area contributed by atoms with Crippen molar-refractivity contribution in [2.75, 3.05) is 5.33 Å². The zero-order valence-electron chi connectivity index (χ0n) is 6.46. The van der Waals surface area contributed by atoms with Crippen molar-refractivity contribution in [1.29, 1.82) is 0 Å². The highest BCUT2D eigenvalue weighted by Crippen LogP contribution is 2.49. The Hall–Kier alpha value is 1.18. The topological polar surface area (TPSA) is 0 Å². The molecule has 2 atom stereocenters. The second-order valence-corrected chi connectivity index (χ2v) is 7.06. The molecule has 0 aromatic heterocycles. The van der Waals surface area contributed by atoms with Gasteiger partial charge in [0, 0.05) is 15.8 Å². The number of hydrogen-bond donors (Lipinski definition) is 0. The van der Waals surface area contributed by atoms with E-state index in [-0.39, 0.29) is 0 Å². The summed E-state index contributed by atoms with van der Waals surface area (Å²) in [5.74, 6) is 0. The molecule has 0 aromatic carbocycles. The van der Waals surface area contributed by atoms with Gasteiger partial charge < -0.3 is 0 Å². The van der Waals surface area contributed by atoms with Crippen LogP contribution in [0.25, 0.3) is 0 Å². The van der Waals surface area contributed by atoms with Gasteiger partial charge in [0.05, 0.1) is 4.58 Å². The van der Waals surface area contributed by atoms with E-state index in [0.29, 0.717) is 0 Å². The van der Waals surface area contributed by atoms with Gasteiger partial charge in [0.1, 0.15) is 0 Å². The molecule has 11 heavy (non-hydrogen) atoms. The summed E-state index contributed by atoms with van der Waals surface area (Å²) >= 11 is 7.99. The molecule has 0 bridgehead atoms. The molecule has 0 amide bonds. The zero-order valence-corrected chi connectivity index (χ0v) is 9.68. The van der Waals surface area contributed by atoms with E-state index >= 15 is 0 Å². The van der Waals surface area contributed by atoms with Gasteiger partial charge in [-0.1, -0.05) is 28.8 Å². The molecular weight excluding hydrogens is 240 g/mol. The molecule has 2 unspecified atom stereocenters. The van der Waals surface area contributed by atoms with Gasteiger partial charge in [0.25, 0.3) is 0 Å². The number of thioether (sulfide) groups is 2. The van der Waals surface area contributed by atoms with Crippen LogP contribution >= 0.6 is 39.5 Å². The lowest BCUT2D eigenvalue weighted by Gasteiger charge is -2.22. The number of alkyl halides is 1. The average molecular weight is 253 g/mol. The predicted molar refractivity (Wildman–Crippen MR) is 58.8 cm³/mol. The van der Waals surface area contributed by atoms with Gasteiger partial charge in [0.2, 0.25) is 0 Å². The molecule has 2 rings (SSSR count). The third kappa shape index (κ3) is 1.92. The van der Waals surface area contributed by atoms with Crippen molar-refractivity contribution >= 4 is 39.5 Å². The van der Waals surface area contributed by atoms with E-state index in [0.717, 1.165) is 15.1 Å². The summed E-state index contributed by atoms with van der Waals surface area (Å²) in [6, 6.07) is 0. The largest absolute Gasteiger partial charge is 0.142 e. The minimum atomic E-state index is 0.850. The lowest BCUT2D eigenvalue weighted by atomic mass is 10.00. The second-order valence-electron chi connectivity index (χ2n) is 3.22. The van der Waals surface area contributed by atoms with Crippen LogP contribution < -0.4 is 0 Å². The molecule has 2 fully saturated rings. The Balaban J connectivity index is 1.92. The standard InChI is InChI=1S/C8H13BrS2/c9-5-8-10-6-3-1-2-4-7(6)11-8/h6-8H,1-5H2. The summed E-state index contributed by atoms with van der Waals surface area (Å²) in [4.78, 5) is 0. The van der Waals surface area contributed by atoms with E-state index < -0.39 is 0 Å². The molecule has 1 saturated carbocycles. The van der Waals surface area contributed by atoms with Gasteiger partial charge in [-0.15, -0.1) is 23.5 Å². The summed E-state index contributed by atoms with van der Waals surface area (Å²) < 4.78 is 0.850. The van der Waals surface area contributed by atoms with Crippen molar-refractivity contribution in [2.45, 2.75) is 40.8 Å². The predicted octanol–water partition coefficient (Wildman–Crippen LogP) is 3.50. The lowest BCUT2D eigenvalue weighted by Crippen LogP contribution is -2.19. The Morgan fingerprint density at radius 2 is 1.64 bits per heavy atom. The SMILES string of the molecule is BrCC1SC2CCCCC2S1. The first-order valence-corrected chi connectivity index (χ1v) is 7.28. The lowest BCUT2D eigenvalue weighted by molar-refractivity contribution is 0.532. The van der Waals surface area contributed by atoms with Gasteiger partial charge in [-0.05, 0) is 12.8 Å². The smallest absolute Gasteiger partial charge is 0.0605 e. The van der Waals surface area contributed by atoms with E-state index in [1.165, 1.54) is 31.0 Å². The molecule has 0 nitrogen and oxygen atoms in total.